The molecule has 0 bridgehead atoms. The number of likely N-dealkylation sites (N-methyl/N-ethyl adjacent to an activating group) is 1. The van der Waals surface area contributed by atoms with E-state index >= 15 is 0 Å². The molecule has 47 heteroatoms. The normalized spacial score (nSPS) is 14.6. The van der Waals surface area contributed by atoms with E-state index in [1.54, 1.807) is 29.3 Å². The van der Waals surface area contributed by atoms with Crippen molar-refractivity contribution in [1.29, 1.82) is 0 Å². The molecule has 0 aliphatic carbocycles. The summed E-state index contributed by atoms with van der Waals surface area (Å²) in [5, 5.41) is 78.6. The van der Waals surface area contributed by atoms with E-state index in [1.807, 2.05) is 53.5 Å². The van der Waals surface area contributed by atoms with Crippen LogP contribution >= 0.6 is 32.9 Å². The Morgan fingerprint density at radius 1 is 0.648 bits per heavy atom. The average Bonchev–Trinajstić information content (AvgIpc) is 1.03. The number of primary amides is 1. The fraction of sp³-hybridized carbons (Fsp3) is 0.630. The van der Waals surface area contributed by atoms with Gasteiger partial charge >= 0.3 is 24.0 Å². The first-order valence-electron chi connectivity index (χ1n) is 42.4. The molecule has 14 amide bonds. The second kappa shape index (κ2) is 59.1. The highest BCUT2D eigenvalue weighted by Crippen LogP contribution is 2.26. The predicted octanol–water partition coefficient (Wildman–Crippen LogP) is -0.398. The minimum absolute atomic E-state index is 0.0228. The third kappa shape index (κ3) is 42.6. The van der Waals surface area contributed by atoms with Crippen molar-refractivity contribution in [3.63, 3.8) is 0 Å². The van der Waals surface area contributed by atoms with E-state index in [2.05, 4.69) is 84.3 Å². The summed E-state index contributed by atoms with van der Waals surface area (Å²) in [6.07, 6.45) is -1.80. The molecule has 10 atom stereocenters. The number of nitrogens with one attached hydrogen (secondary N) is 13. The van der Waals surface area contributed by atoms with E-state index in [9.17, 15) is 102 Å². The molecule has 128 heavy (non-hydrogen) atoms. The lowest BCUT2D eigenvalue weighted by atomic mass is 9.93. The minimum atomic E-state index is -1.78. The number of aliphatic carboxylic acids is 2. The molecule has 22 N–H and O–H groups in total. The number of ether oxygens (including phenoxy) is 2. The van der Waals surface area contributed by atoms with Crippen molar-refractivity contribution < 1.29 is 117 Å². The molecule has 3 heterocycles. The number of carboxylic acid groups (broad SMARTS) is 2. The molecule has 10 unspecified atom stereocenters. The molecule has 712 valence electrons. The van der Waals surface area contributed by atoms with E-state index in [0.29, 0.717) is 47.8 Å². The van der Waals surface area contributed by atoms with E-state index in [1.165, 1.54) is 51.3 Å². The maximum atomic E-state index is 14.7. The Kier molecular flexibility index (Phi) is 50.4. The predicted molar refractivity (Wildman–Crippen MR) is 471 cm³/mol. The number of carbonyl (C=O) groups excluding carboxylic acids is 15. The summed E-state index contributed by atoms with van der Waals surface area (Å²) in [5.74, 6) is -13.3. The van der Waals surface area contributed by atoms with Crippen LogP contribution in [0.25, 0.3) is 0 Å². The molecule has 1 aromatic carbocycles. The molecule has 1 aliphatic heterocycles. The highest BCUT2D eigenvalue weighted by Gasteiger charge is 2.39. The van der Waals surface area contributed by atoms with Crippen LogP contribution in [0.2, 0.25) is 0 Å². The number of amides is 14. The van der Waals surface area contributed by atoms with Crippen LogP contribution in [-0.4, -0.2) is 284 Å². The van der Waals surface area contributed by atoms with E-state index in [4.69, 9.17) is 26.0 Å². The number of carboxylic acids is 2. The summed E-state index contributed by atoms with van der Waals surface area (Å²) in [6, 6.07) is -0.609. The molecule has 3 aromatic rings. The molecule has 4 rings (SSSR count). The number of benzene rings is 1. The smallest absolute Gasteiger partial charge is 0.426 e. The van der Waals surface area contributed by atoms with Gasteiger partial charge in [-0.3, -0.25) is 87.0 Å². The SMILES string of the molecule is CCC(C)C(NC(=O)C1CCCCN1C)C(=O)N(COC(=O)CC(C)C)C(CCc1nc(C(=O)NCCC(C)C(=O)NNC(=O)OCCSSCCNC(=O)CNC(=O)C(CCC(=O)O)NC(=O)C(CCC(=O)NCCC(O)CC(O)CO)NC(=O)C(CCC(=O)O)NC(=O)CNC(=O)CCCNC(=O)c2ccc(NCc3cnc(N)c(C(N)=O)n3)cc2)cs1)C(C)C. The summed E-state index contributed by atoms with van der Waals surface area (Å²) >= 11 is 1.26. The molecule has 1 aliphatic rings. The Bertz CT molecular complexity index is 4170. The first-order valence-corrected chi connectivity index (χ1v) is 45.7. The van der Waals surface area contributed by atoms with Gasteiger partial charge in [0.25, 0.3) is 17.7 Å². The van der Waals surface area contributed by atoms with Gasteiger partial charge in [-0.05, 0) is 113 Å². The summed E-state index contributed by atoms with van der Waals surface area (Å²) in [6.45, 7) is 11.6. The van der Waals surface area contributed by atoms with Crippen molar-refractivity contribution in [2.45, 2.75) is 219 Å². The Morgan fingerprint density at radius 3 is 1.91 bits per heavy atom. The average molecular weight is 1860 g/mol. The Balaban J connectivity index is 1.21. The maximum Gasteiger partial charge on any atom is 0.426 e. The molecule has 0 saturated carbocycles. The van der Waals surface area contributed by atoms with Crippen LogP contribution in [0.1, 0.15) is 200 Å². The maximum absolute atomic E-state index is 14.7. The number of aliphatic hydroxyl groups excluding tert-OH is 3. The van der Waals surface area contributed by atoms with Gasteiger partial charge in [-0.2, -0.15) is 0 Å². The van der Waals surface area contributed by atoms with Crippen LogP contribution in [0.5, 0.6) is 0 Å². The molecular formula is C81H126N20O24S3. The largest absolute Gasteiger partial charge is 0.481 e. The number of anilines is 2. The van der Waals surface area contributed by atoms with Crippen molar-refractivity contribution >= 4 is 145 Å². The van der Waals surface area contributed by atoms with Gasteiger partial charge in [0.15, 0.2) is 18.2 Å². The van der Waals surface area contributed by atoms with Crippen LogP contribution in [0.4, 0.5) is 16.3 Å². The number of carbonyl (C=O) groups is 17. The Morgan fingerprint density at radius 2 is 1.27 bits per heavy atom. The molecule has 1 saturated heterocycles. The number of esters is 1. The number of aryl methyl sites for hydroxylation is 1. The summed E-state index contributed by atoms with van der Waals surface area (Å²) in [5.41, 5.74) is 16.6. The molecule has 1 fully saturated rings. The van der Waals surface area contributed by atoms with Crippen molar-refractivity contribution in [2.24, 2.45) is 29.4 Å². The highest BCUT2D eigenvalue weighted by atomic mass is 33.1. The van der Waals surface area contributed by atoms with Gasteiger partial charge in [0, 0.05) is 111 Å². The van der Waals surface area contributed by atoms with Crippen molar-refractivity contribution in [3.8, 4) is 0 Å². The van der Waals surface area contributed by atoms with Crippen LogP contribution < -0.4 is 80.8 Å². The number of nitrogens with zero attached hydrogens (tertiary/aromatic N) is 5. The fourth-order valence-electron chi connectivity index (χ4n) is 12.6. The number of aliphatic hydroxyl groups is 3. The number of thiazole rings is 1. The van der Waals surface area contributed by atoms with E-state index in [0.717, 1.165) is 19.4 Å². The van der Waals surface area contributed by atoms with Gasteiger partial charge in [0.1, 0.15) is 36.5 Å². The number of likely N-dealkylation sites (tertiary alicyclic amines) is 1. The summed E-state index contributed by atoms with van der Waals surface area (Å²) in [7, 11) is 4.44. The minimum Gasteiger partial charge on any atom is -0.481 e. The first kappa shape index (κ1) is 109. The lowest BCUT2D eigenvalue weighted by Gasteiger charge is -2.39. The van der Waals surface area contributed by atoms with Gasteiger partial charge in [-0.25, -0.2) is 25.2 Å². The number of nitrogens with two attached hydrogens (primary N) is 2. The van der Waals surface area contributed by atoms with Crippen LogP contribution in [0.15, 0.2) is 35.8 Å². The zero-order valence-electron chi connectivity index (χ0n) is 73.4. The number of hydrogen-bond donors (Lipinski definition) is 20. The number of nitrogen functional groups attached to an aromatic ring is 1. The van der Waals surface area contributed by atoms with Crippen molar-refractivity contribution in [2.75, 3.05) is 95.4 Å². The standard InChI is InChI=1S/C81H126N20O24S3/c1-9-48(6)69(97-79(121)60-13-10-11-33-100(60)8)80(122)101(45-125-68(113)37-46(2)3)59(47(4)5)22-24-65-94-58(44-126-65)76(118)87-30-27-49(7)73(115)98-99-81(123)124-34-36-128-127-35-32-85-63(107)41-91-75(117)55(20-25-66(109)110)95-78(120)57(19-23-62(106)84-31-28-53(103)38-54(104)43-102)96-77(119)56(21-26-67(111)112)93-64(108)42-89-61(105)14-12-29-86-74(116)50-15-17-51(18-16-50)88-39-52-40-90-71(82)70(92-52)72(83)114/h15-18,40,44,46-49,53-57,59-60,69,88,102-104H,9-14,19-39,41-43,45H2,1-8H3,(H2,82,90)(H2,83,114)(H,84,106)(H,85,107)(H,86,116)(H,87,118)(H,89,105)(H,91,117)(H,93,108)(H,95,120)(H,96,119)(H,97,121)(H,98,115)(H,99,123)(H,109,110)(H,111,112). The number of hydrogen-bond acceptors (Lipinski definition) is 31. The second-order valence-electron chi connectivity index (χ2n) is 31.3. The lowest BCUT2D eigenvalue weighted by molar-refractivity contribution is -0.159. The number of piperidine rings is 1. The zero-order chi connectivity index (χ0) is 95.0. The third-order valence-electron chi connectivity index (χ3n) is 20.1. The van der Waals surface area contributed by atoms with Crippen LogP contribution in [0.3, 0.4) is 0 Å². The van der Waals surface area contributed by atoms with Crippen molar-refractivity contribution in [1.82, 2.24) is 88.8 Å². The van der Waals surface area contributed by atoms with E-state index in [-0.39, 0.29) is 149 Å². The zero-order valence-corrected chi connectivity index (χ0v) is 75.9. The number of hydrazine groups is 1. The third-order valence-corrected chi connectivity index (χ3v) is 23.4. The topological polar surface area (TPSA) is 663 Å². The monoisotopic (exact) mass is 1860 g/mol. The highest BCUT2D eigenvalue weighted by molar-refractivity contribution is 8.76. The molecule has 2 aromatic heterocycles. The molecule has 0 spiro atoms. The number of rotatable bonds is 60. The molecular weight excluding hydrogens is 1730 g/mol. The summed E-state index contributed by atoms with van der Waals surface area (Å²) < 4.78 is 10.9. The Labute approximate surface area is 754 Å². The van der Waals surface area contributed by atoms with Crippen LogP contribution in [-0.2, 0) is 84.8 Å². The fourth-order valence-corrected chi connectivity index (χ4v) is 15.2. The van der Waals surface area contributed by atoms with Gasteiger partial charge < -0.3 is 110 Å². The quantitative estimate of drug-likeness (QED) is 0.0112. The summed E-state index contributed by atoms with van der Waals surface area (Å²) in [4.78, 5) is 238. The van der Waals surface area contributed by atoms with E-state index < -0.39 is 196 Å². The van der Waals surface area contributed by atoms with Gasteiger partial charge in [-0.1, -0.05) is 82.9 Å². The molecule has 44 nitrogen and oxygen atoms in total. The lowest BCUT2D eigenvalue weighted by Crippen LogP contribution is -2.59. The van der Waals surface area contributed by atoms with Crippen molar-refractivity contribution in [3.05, 3.63) is 63.5 Å². The first-order chi connectivity index (χ1) is 60.8. The van der Waals surface area contributed by atoms with Gasteiger partial charge in [0.05, 0.1) is 61.4 Å². The van der Waals surface area contributed by atoms with Crippen LogP contribution in [0, 0.1) is 23.7 Å². The second-order valence-corrected chi connectivity index (χ2v) is 35.0. The molecule has 0 radical (unpaired) electrons. The Hall–Kier alpha value is -11.1. The van der Waals surface area contributed by atoms with Gasteiger partial charge in [0.2, 0.25) is 59.1 Å². The van der Waals surface area contributed by atoms with Gasteiger partial charge in [-0.15, -0.1) is 11.3 Å². The number of aromatic nitrogens is 3.